The summed E-state index contributed by atoms with van der Waals surface area (Å²) in [5.41, 5.74) is 1.48. The molecular weight excluding hydrogens is 470 g/mol. The van der Waals surface area contributed by atoms with Crippen molar-refractivity contribution in [2.75, 3.05) is 24.7 Å². The predicted octanol–water partition coefficient (Wildman–Crippen LogP) is 3.06. The van der Waals surface area contributed by atoms with Gasteiger partial charge in [-0.25, -0.2) is 21.8 Å². The smallest absolute Gasteiger partial charge is 0.243 e. The lowest BCUT2D eigenvalue weighted by Crippen LogP contribution is -2.27. The lowest BCUT2D eigenvalue weighted by Gasteiger charge is -2.15. The summed E-state index contributed by atoms with van der Waals surface area (Å²) in [7, 11) is -6.76. The molecular formula is C21H23N3O5S3. The molecule has 8 nitrogen and oxygen atoms in total. The van der Waals surface area contributed by atoms with Gasteiger partial charge in [-0.05, 0) is 55.2 Å². The molecule has 32 heavy (non-hydrogen) atoms. The van der Waals surface area contributed by atoms with Gasteiger partial charge in [0, 0.05) is 25.8 Å². The summed E-state index contributed by atoms with van der Waals surface area (Å²) in [4.78, 5) is 17.2. The Balaban J connectivity index is 1.37. The van der Waals surface area contributed by atoms with Crippen molar-refractivity contribution in [2.24, 2.45) is 0 Å². The van der Waals surface area contributed by atoms with Gasteiger partial charge >= 0.3 is 0 Å². The molecule has 0 bridgehead atoms. The number of benzene rings is 2. The summed E-state index contributed by atoms with van der Waals surface area (Å²) >= 11 is 1.22. The molecule has 1 aromatic heterocycles. The van der Waals surface area contributed by atoms with Crippen LogP contribution in [0.4, 0.5) is 5.13 Å². The molecule has 1 saturated heterocycles. The molecule has 2 heterocycles. The fraction of sp³-hybridized carbons (Fsp3) is 0.333. The van der Waals surface area contributed by atoms with Gasteiger partial charge < -0.3 is 5.32 Å². The third-order valence-electron chi connectivity index (χ3n) is 5.30. The number of carbonyl (C=O) groups is 1. The summed E-state index contributed by atoms with van der Waals surface area (Å²) in [5, 5.41) is 3.15. The van der Waals surface area contributed by atoms with Gasteiger partial charge in [-0.3, -0.25) is 4.79 Å². The molecule has 1 amide bonds. The van der Waals surface area contributed by atoms with Crippen molar-refractivity contribution in [3.05, 3.63) is 48.0 Å². The Hall–Kier alpha value is -2.34. The number of sulfonamides is 1. The highest BCUT2D eigenvalue weighted by Gasteiger charge is 2.26. The Morgan fingerprint density at radius 2 is 1.69 bits per heavy atom. The number of hydrogen-bond acceptors (Lipinski definition) is 7. The van der Waals surface area contributed by atoms with Crippen LogP contribution in [0.1, 0.15) is 24.8 Å². The number of nitrogens with zero attached hydrogens (tertiary/aromatic N) is 2. The molecule has 1 aliphatic rings. The molecule has 3 aromatic rings. The first kappa shape index (κ1) is 22.8. The third kappa shape index (κ3) is 5.01. The number of amides is 1. The van der Waals surface area contributed by atoms with Crippen molar-refractivity contribution in [3.63, 3.8) is 0 Å². The summed E-state index contributed by atoms with van der Waals surface area (Å²) in [6.07, 6.45) is 3.59. The largest absolute Gasteiger partial charge is 0.302 e. The van der Waals surface area contributed by atoms with E-state index in [1.165, 1.54) is 21.7 Å². The van der Waals surface area contributed by atoms with Crippen LogP contribution in [-0.2, 0) is 31.1 Å². The van der Waals surface area contributed by atoms with Gasteiger partial charge in [0.2, 0.25) is 15.9 Å². The first-order chi connectivity index (χ1) is 15.1. The van der Waals surface area contributed by atoms with E-state index in [1.54, 1.807) is 36.4 Å². The van der Waals surface area contributed by atoms with Crippen molar-refractivity contribution < 1.29 is 21.6 Å². The summed E-state index contributed by atoms with van der Waals surface area (Å²) in [6.45, 7) is 1.12. The minimum atomic E-state index is -3.44. The normalized spacial score (nSPS) is 15.3. The highest BCUT2D eigenvalue weighted by Crippen LogP contribution is 2.28. The second kappa shape index (κ2) is 8.89. The topological polar surface area (TPSA) is 114 Å². The van der Waals surface area contributed by atoms with E-state index >= 15 is 0 Å². The van der Waals surface area contributed by atoms with Crippen LogP contribution in [0.5, 0.6) is 0 Å². The fourth-order valence-electron chi connectivity index (χ4n) is 3.53. The van der Waals surface area contributed by atoms with Crippen molar-refractivity contribution in [2.45, 2.75) is 35.5 Å². The van der Waals surface area contributed by atoms with Gasteiger partial charge in [0.05, 0.1) is 20.0 Å². The van der Waals surface area contributed by atoms with E-state index in [0.29, 0.717) is 34.9 Å². The zero-order valence-electron chi connectivity index (χ0n) is 17.4. The third-order valence-corrected chi connectivity index (χ3v) is 9.26. The van der Waals surface area contributed by atoms with Gasteiger partial charge in [-0.15, -0.1) is 0 Å². The van der Waals surface area contributed by atoms with E-state index in [4.69, 9.17) is 0 Å². The number of sulfone groups is 1. The zero-order chi connectivity index (χ0) is 22.9. The first-order valence-electron chi connectivity index (χ1n) is 10.1. The molecule has 1 N–H and O–H groups in total. The number of fused-ring (bicyclic) bond motifs is 1. The van der Waals surface area contributed by atoms with Crippen LogP contribution < -0.4 is 5.32 Å². The molecule has 1 aliphatic heterocycles. The number of aromatic nitrogens is 1. The maximum absolute atomic E-state index is 12.6. The molecule has 0 aliphatic carbocycles. The number of anilines is 1. The first-order valence-corrected chi connectivity index (χ1v) is 14.3. The lowest BCUT2D eigenvalue weighted by molar-refractivity contribution is -0.116. The van der Waals surface area contributed by atoms with Crippen LogP contribution in [0, 0.1) is 0 Å². The minimum Gasteiger partial charge on any atom is -0.302 e. The summed E-state index contributed by atoms with van der Waals surface area (Å²) < 4.78 is 50.8. The van der Waals surface area contributed by atoms with Gasteiger partial charge in [0.25, 0.3) is 0 Å². The van der Waals surface area contributed by atoms with Gasteiger partial charge in [-0.2, -0.15) is 4.31 Å². The van der Waals surface area contributed by atoms with Crippen LogP contribution in [0.2, 0.25) is 0 Å². The highest BCUT2D eigenvalue weighted by atomic mass is 32.2. The summed E-state index contributed by atoms with van der Waals surface area (Å²) in [5.74, 6) is -0.221. The number of aryl methyl sites for hydroxylation is 1. The highest BCUT2D eigenvalue weighted by molar-refractivity contribution is 7.90. The van der Waals surface area contributed by atoms with E-state index in [-0.39, 0.29) is 22.1 Å². The SMILES string of the molecule is CS(=O)(=O)c1ccc2nc(NC(=O)CCc3ccc(S(=O)(=O)N4CCCC4)cc3)sc2c1. The van der Waals surface area contributed by atoms with Gasteiger partial charge in [0.1, 0.15) is 0 Å². The van der Waals surface area contributed by atoms with E-state index < -0.39 is 19.9 Å². The average molecular weight is 494 g/mol. The van der Waals surface area contributed by atoms with Crippen LogP contribution in [-0.4, -0.2) is 51.4 Å². The predicted molar refractivity (Wildman–Crippen MR) is 124 cm³/mol. The van der Waals surface area contributed by atoms with E-state index in [0.717, 1.165) is 24.7 Å². The molecule has 0 radical (unpaired) electrons. The van der Waals surface area contributed by atoms with Crippen LogP contribution in [0.25, 0.3) is 10.2 Å². The maximum atomic E-state index is 12.6. The molecule has 0 atom stereocenters. The van der Waals surface area contributed by atoms with E-state index in [2.05, 4.69) is 10.3 Å². The molecule has 0 unspecified atom stereocenters. The molecule has 2 aromatic carbocycles. The van der Waals surface area contributed by atoms with Crippen molar-refractivity contribution in [1.82, 2.24) is 9.29 Å². The Labute approximate surface area is 191 Å². The van der Waals surface area contributed by atoms with Crippen molar-refractivity contribution in [3.8, 4) is 0 Å². The zero-order valence-corrected chi connectivity index (χ0v) is 19.9. The molecule has 4 rings (SSSR count). The van der Waals surface area contributed by atoms with Gasteiger partial charge in [-0.1, -0.05) is 23.5 Å². The monoisotopic (exact) mass is 493 g/mol. The number of rotatable bonds is 7. The fourth-order valence-corrected chi connectivity index (χ4v) is 6.69. The Morgan fingerprint density at radius 1 is 1.03 bits per heavy atom. The minimum absolute atomic E-state index is 0.210. The second-order valence-corrected chi connectivity index (χ2v) is 12.7. The number of carbonyl (C=O) groups excluding carboxylic acids is 1. The average Bonchev–Trinajstić information content (AvgIpc) is 3.41. The van der Waals surface area contributed by atoms with E-state index in [1.807, 2.05) is 0 Å². The van der Waals surface area contributed by atoms with Crippen LogP contribution in [0.15, 0.2) is 52.3 Å². The number of hydrogen-bond donors (Lipinski definition) is 1. The molecule has 11 heteroatoms. The lowest BCUT2D eigenvalue weighted by atomic mass is 10.1. The van der Waals surface area contributed by atoms with Gasteiger partial charge in [0.15, 0.2) is 15.0 Å². The van der Waals surface area contributed by atoms with Crippen LogP contribution >= 0.6 is 11.3 Å². The van der Waals surface area contributed by atoms with E-state index in [9.17, 15) is 21.6 Å². The molecule has 0 saturated carbocycles. The molecule has 1 fully saturated rings. The van der Waals surface area contributed by atoms with Crippen molar-refractivity contribution >= 4 is 52.5 Å². The molecule has 0 spiro atoms. The Kier molecular flexibility index (Phi) is 6.35. The quantitative estimate of drug-likeness (QED) is 0.541. The standard InChI is InChI=1S/C21H23N3O5S3/c1-31(26,27)17-9-10-18-19(14-17)30-21(22-18)23-20(25)11-6-15-4-7-16(8-5-15)32(28,29)24-12-2-3-13-24/h4-5,7-10,14H,2-3,6,11-13H2,1H3,(H,22,23,25). The number of thiazole rings is 1. The number of nitrogens with one attached hydrogen (secondary N) is 1. The summed E-state index contributed by atoms with van der Waals surface area (Å²) in [6, 6.07) is 11.3. The Morgan fingerprint density at radius 3 is 2.34 bits per heavy atom. The Bertz CT molecular complexity index is 1360. The molecule has 170 valence electrons. The van der Waals surface area contributed by atoms with Crippen LogP contribution in [0.3, 0.4) is 0 Å². The van der Waals surface area contributed by atoms with Crippen molar-refractivity contribution in [1.29, 1.82) is 0 Å². The second-order valence-electron chi connectivity index (χ2n) is 7.72. The maximum Gasteiger partial charge on any atom is 0.243 e.